The lowest BCUT2D eigenvalue weighted by Gasteiger charge is -2.15. The standard InChI is InChI=1S/C17H20BrNO/c1-12-4-3-5-15(17(12)20)11-19-13(2)10-14-6-8-16(18)9-7-14/h3-9,13,19-20H,10-11H2,1-2H3. The molecule has 2 N–H and O–H groups in total. The second-order valence-electron chi connectivity index (χ2n) is 5.20. The summed E-state index contributed by atoms with van der Waals surface area (Å²) in [5.74, 6) is 0.399. The van der Waals surface area contributed by atoms with Gasteiger partial charge in [-0.15, -0.1) is 0 Å². The van der Waals surface area contributed by atoms with Crippen LogP contribution in [-0.2, 0) is 13.0 Å². The van der Waals surface area contributed by atoms with Gasteiger partial charge in [-0.25, -0.2) is 0 Å². The summed E-state index contributed by atoms with van der Waals surface area (Å²) >= 11 is 3.44. The predicted octanol–water partition coefficient (Wildman–Crippen LogP) is 4.18. The number of aromatic hydroxyl groups is 1. The molecule has 1 unspecified atom stereocenters. The Morgan fingerprint density at radius 3 is 2.55 bits per heavy atom. The lowest BCUT2D eigenvalue weighted by atomic mass is 10.1. The molecule has 0 bridgehead atoms. The maximum absolute atomic E-state index is 9.99. The van der Waals surface area contributed by atoms with E-state index in [-0.39, 0.29) is 0 Å². The third-order valence-electron chi connectivity index (χ3n) is 3.42. The highest BCUT2D eigenvalue weighted by Crippen LogP contribution is 2.21. The van der Waals surface area contributed by atoms with Crippen LogP contribution in [0, 0.1) is 6.92 Å². The van der Waals surface area contributed by atoms with Gasteiger partial charge in [-0.3, -0.25) is 0 Å². The molecule has 0 amide bonds. The number of halogens is 1. The number of phenolic OH excluding ortho intramolecular Hbond substituents is 1. The topological polar surface area (TPSA) is 32.3 Å². The van der Waals surface area contributed by atoms with E-state index in [2.05, 4.69) is 52.4 Å². The molecule has 2 aromatic carbocycles. The Balaban J connectivity index is 1.90. The molecule has 0 saturated carbocycles. The van der Waals surface area contributed by atoms with Crippen LogP contribution < -0.4 is 5.32 Å². The minimum Gasteiger partial charge on any atom is -0.507 e. The third-order valence-corrected chi connectivity index (χ3v) is 3.95. The van der Waals surface area contributed by atoms with Crippen LogP contribution in [-0.4, -0.2) is 11.1 Å². The number of phenols is 1. The van der Waals surface area contributed by atoms with Gasteiger partial charge in [0.05, 0.1) is 0 Å². The van der Waals surface area contributed by atoms with E-state index in [1.807, 2.05) is 25.1 Å². The molecular formula is C17H20BrNO. The molecule has 2 rings (SSSR count). The minimum absolute atomic E-state index is 0.357. The van der Waals surface area contributed by atoms with Crippen molar-refractivity contribution in [3.05, 3.63) is 63.6 Å². The van der Waals surface area contributed by atoms with Crippen LogP contribution in [0.4, 0.5) is 0 Å². The SMILES string of the molecule is Cc1cccc(CNC(C)Cc2ccc(Br)cc2)c1O. The number of aryl methyl sites for hydroxylation is 1. The zero-order valence-electron chi connectivity index (χ0n) is 11.9. The summed E-state index contributed by atoms with van der Waals surface area (Å²) in [6.07, 6.45) is 0.972. The summed E-state index contributed by atoms with van der Waals surface area (Å²) in [7, 11) is 0. The van der Waals surface area contributed by atoms with Crippen molar-refractivity contribution in [2.45, 2.75) is 32.9 Å². The fourth-order valence-electron chi connectivity index (χ4n) is 2.19. The Morgan fingerprint density at radius 1 is 1.15 bits per heavy atom. The van der Waals surface area contributed by atoms with Gasteiger partial charge in [-0.05, 0) is 43.5 Å². The molecule has 0 fully saturated rings. The van der Waals surface area contributed by atoms with E-state index in [9.17, 15) is 5.11 Å². The molecule has 2 aromatic rings. The summed E-state index contributed by atoms with van der Waals surface area (Å²) in [5.41, 5.74) is 3.18. The summed E-state index contributed by atoms with van der Waals surface area (Å²) in [5, 5.41) is 13.4. The van der Waals surface area contributed by atoms with Crippen LogP contribution in [0.25, 0.3) is 0 Å². The van der Waals surface area contributed by atoms with Crippen molar-refractivity contribution in [1.82, 2.24) is 5.32 Å². The molecule has 0 saturated heterocycles. The van der Waals surface area contributed by atoms with Crippen molar-refractivity contribution in [2.75, 3.05) is 0 Å². The molecule has 1 atom stereocenters. The number of rotatable bonds is 5. The first-order chi connectivity index (χ1) is 9.56. The number of nitrogens with one attached hydrogen (secondary N) is 1. The summed E-state index contributed by atoms with van der Waals surface area (Å²) < 4.78 is 1.10. The maximum Gasteiger partial charge on any atom is 0.122 e. The van der Waals surface area contributed by atoms with Crippen LogP contribution in [0.1, 0.15) is 23.6 Å². The average Bonchev–Trinajstić information content (AvgIpc) is 2.43. The van der Waals surface area contributed by atoms with E-state index in [0.717, 1.165) is 22.0 Å². The molecule has 0 aliphatic carbocycles. The van der Waals surface area contributed by atoms with Gasteiger partial charge in [-0.2, -0.15) is 0 Å². The maximum atomic E-state index is 9.99. The van der Waals surface area contributed by atoms with Gasteiger partial charge >= 0.3 is 0 Å². The summed E-state index contributed by atoms with van der Waals surface area (Å²) in [6, 6.07) is 14.6. The molecule has 0 aromatic heterocycles. The molecular weight excluding hydrogens is 314 g/mol. The van der Waals surface area contributed by atoms with Crippen molar-refractivity contribution in [3.8, 4) is 5.75 Å². The molecule has 0 aliphatic heterocycles. The first-order valence-corrected chi connectivity index (χ1v) is 7.61. The molecule has 3 heteroatoms. The molecule has 2 nitrogen and oxygen atoms in total. The zero-order valence-corrected chi connectivity index (χ0v) is 13.4. The first-order valence-electron chi connectivity index (χ1n) is 6.81. The highest BCUT2D eigenvalue weighted by atomic mass is 79.9. The highest BCUT2D eigenvalue weighted by molar-refractivity contribution is 9.10. The predicted molar refractivity (Wildman–Crippen MR) is 87.0 cm³/mol. The zero-order chi connectivity index (χ0) is 14.5. The van der Waals surface area contributed by atoms with Crippen LogP contribution in [0.2, 0.25) is 0 Å². The van der Waals surface area contributed by atoms with Gasteiger partial charge in [0.1, 0.15) is 5.75 Å². The fraction of sp³-hybridized carbons (Fsp3) is 0.294. The van der Waals surface area contributed by atoms with Crippen LogP contribution >= 0.6 is 15.9 Å². The van der Waals surface area contributed by atoms with Crippen molar-refractivity contribution in [1.29, 1.82) is 0 Å². The Morgan fingerprint density at radius 2 is 1.85 bits per heavy atom. The van der Waals surface area contributed by atoms with Crippen molar-refractivity contribution in [2.24, 2.45) is 0 Å². The van der Waals surface area contributed by atoms with Gasteiger partial charge < -0.3 is 10.4 Å². The largest absolute Gasteiger partial charge is 0.507 e. The van der Waals surface area contributed by atoms with Crippen molar-refractivity contribution in [3.63, 3.8) is 0 Å². The highest BCUT2D eigenvalue weighted by Gasteiger charge is 2.07. The fourth-order valence-corrected chi connectivity index (χ4v) is 2.46. The number of benzene rings is 2. The first kappa shape index (κ1) is 15.1. The summed E-state index contributed by atoms with van der Waals surface area (Å²) in [6.45, 7) is 4.77. The van der Waals surface area contributed by atoms with Crippen LogP contribution in [0.15, 0.2) is 46.9 Å². The number of hydrogen-bond acceptors (Lipinski definition) is 2. The van der Waals surface area contributed by atoms with Crippen LogP contribution in [0.3, 0.4) is 0 Å². The molecule has 0 spiro atoms. The molecule has 0 aliphatic rings. The van der Waals surface area contributed by atoms with E-state index < -0.39 is 0 Å². The van der Waals surface area contributed by atoms with E-state index in [1.54, 1.807) is 0 Å². The molecule has 0 radical (unpaired) electrons. The summed E-state index contributed by atoms with van der Waals surface area (Å²) in [4.78, 5) is 0. The minimum atomic E-state index is 0.357. The van der Waals surface area contributed by atoms with Gasteiger partial charge in [0.2, 0.25) is 0 Å². The van der Waals surface area contributed by atoms with E-state index in [0.29, 0.717) is 18.3 Å². The molecule has 0 heterocycles. The van der Waals surface area contributed by atoms with Crippen LogP contribution in [0.5, 0.6) is 5.75 Å². The monoisotopic (exact) mass is 333 g/mol. The normalized spacial score (nSPS) is 12.3. The quantitative estimate of drug-likeness (QED) is 0.860. The van der Waals surface area contributed by atoms with Crippen molar-refractivity contribution < 1.29 is 5.11 Å². The second kappa shape index (κ2) is 6.91. The Bertz CT molecular complexity index is 566. The van der Waals surface area contributed by atoms with E-state index >= 15 is 0 Å². The Labute approximate surface area is 129 Å². The lowest BCUT2D eigenvalue weighted by molar-refractivity contribution is 0.455. The smallest absolute Gasteiger partial charge is 0.122 e. The molecule has 106 valence electrons. The van der Waals surface area contributed by atoms with Gasteiger partial charge in [0.15, 0.2) is 0 Å². The van der Waals surface area contributed by atoms with Gasteiger partial charge in [0, 0.05) is 22.6 Å². The molecule has 20 heavy (non-hydrogen) atoms. The van der Waals surface area contributed by atoms with E-state index in [4.69, 9.17) is 0 Å². The number of hydrogen-bond donors (Lipinski definition) is 2. The second-order valence-corrected chi connectivity index (χ2v) is 6.11. The lowest BCUT2D eigenvalue weighted by Crippen LogP contribution is -2.27. The number of para-hydroxylation sites is 1. The average molecular weight is 334 g/mol. The van der Waals surface area contributed by atoms with Gasteiger partial charge in [0.25, 0.3) is 0 Å². The third kappa shape index (κ3) is 4.09. The van der Waals surface area contributed by atoms with Gasteiger partial charge in [-0.1, -0.05) is 46.3 Å². The Hall–Kier alpha value is -1.32. The van der Waals surface area contributed by atoms with Crippen molar-refractivity contribution >= 4 is 15.9 Å². The Kier molecular flexibility index (Phi) is 5.21. The van der Waals surface area contributed by atoms with E-state index in [1.165, 1.54) is 5.56 Å².